The molecular weight excluding hydrogens is 210 g/mol. The first-order valence-electron chi connectivity index (χ1n) is 5.53. The van der Waals surface area contributed by atoms with Crippen molar-refractivity contribution in [3.05, 3.63) is 11.7 Å². The Balaban J connectivity index is 2.06. The van der Waals surface area contributed by atoms with Crippen LogP contribution >= 0.6 is 0 Å². The van der Waals surface area contributed by atoms with Gasteiger partial charge in [-0.05, 0) is 19.8 Å². The molecule has 1 fully saturated rings. The van der Waals surface area contributed by atoms with E-state index in [0.717, 1.165) is 26.1 Å². The van der Waals surface area contributed by atoms with Crippen molar-refractivity contribution in [1.82, 2.24) is 10.1 Å². The molecule has 1 aromatic heterocycles. The quantitative estimate of drug-likeness (QED) is 0.773. The lowest BCUT2D eigenvalue weighted by Crippen LogP contribution is -2.23. The van der Waals surface area contributed by atoms with E-state index in [1.165, 1.54) is 0 Å². The lowest BCUT2D eigenvalue weighted by Gasteiger charge is -2.18. The Morgan fingerprint density at radius 3 is 2.75 bits per heavy atom. The zero-order valence-electron chi connectivity index (χ0n) is 9.30. The van der Waals surface area contributed by atoms with Crippen molar-refractivity contribution in [2.75, 3.05) is 13.2 Å². The van der Waals surface area contributed by atoms with Gasteiger partial charge in [-0.25, -0.2) is 0 Å². The SMILES string of the molecule is C[C@@H](O)[C@H](N)c1nc(C2CCOCC2)no1. The Kier molecular flexibility index (Phi) is 3.52. The summed E-state index contributed by atoms with van der Waals surface area (Å²) >= 11 is 0. The van der Waals surface area contributed by atoms with Crippen LogP contribution in [0.5, 0.6) is 0 Å². The number of nitrogens with two attached hydrogens (primary N) is 1. The Morgan fingerprint density at radius 1 is 1.44 bits per heavy atom. The van der Waals surface area contributed by atoms with Crippen LogP contribution < -0.4 is 5.73 Å². The molecule has 16 heavy (non-hydrogen) atoms. The van der Waals surface area contributed by atoms with Gasteiger partial charge in [0.2, 0.25) is 5.89 Å². The Hall–Kier alpha value is -0.980. The number of hydrogen-bond donors (Lipinski definition) is 2. The molecule has 90 valence electrons. The maximum Gasteiger partial charge on any atom is 0.246 e. The fourth-order valence-electron chi connectivity index (χ4n) is 1.71. The van der Waals surface area contributed by atoms with Crippen molar-refractivity contribution in [2.45, 2.75) is 37.8 Å². The maximum atomic E-state index is 9.32. The van der Waals surface area contributed by atoms with E-state index in [4.69, 9.17) is 15.0 Å². The third kappa shape index (κ3) is 2.40. The van der Waals surface area contributed by atoms with Crippen LogP contribution in [-0.4, -0.2) is 34.6 Å². The van der Waals surface area contributed by atoms with Gasteiger partial charge >= 0.3 is 0 Å². The minimum absolute atomic E-state index is 0.285. The summed E-state index contributed by atoms with van der Waals surface area (Å²) in [6.45, 7) is 3.07. The second kappa shape index (κ2) is 4.90. The average Bonchev–Trinajstić information content (AvgIpc) is 2.78. The largest absolute Gasteiger partial charge is 0.391 e. The first-order chi connectivity index (χ1) is 7.68. The van der Waals surface area contributed by atoms with Crippen molar-refractivity contribution in [3.63, 3.8) is 0 Å². The van der Waals surface area contributed by atoms with E-state index in [0.29, 0.717) is 11.7 Å². The third-order valence-corrected chi connectivity index (χ3v) is 2.85. The van der Waals surface area contributed by atoms with Crippen LogP contribution in [0.15, 0.2) is 4.52 Å². The molecule has 0 bridgehead atoms. The molecule has 0 aromatic carbocycles. The van der Waals surface area contributed by atoms with Gasteiger partial charge in [0.25, 0.3) is 0 Å². The first-order valence-corrected chi connectivity index (χ1v) is 5.53. The van der Waals surface area contributed by atoms with Gasteiger partial charge in [0, 0.05) is 19.1 Å². The number of aliphatic hydroxyl groups is 1. The van der Waals surface area contributed by atoms with Gasteiger partial charge in [-0.3, -0.25) is 0 Å². The van der Waals surface area contributed by atoms with Crippen LogP contribution in [0.3, 0.4) is 0 Å². The van der Waals surface area contributed by atoms with E-state index in [9.17, 15) is 5.11 Å². The summed E-state index contributed by atoms with van der Waals surface area (Å²) in [6.07, 6.45) is 1.12. The van der Waals surface area contributed by atoms with E-state index >= 15 is 0 Å². The molecular formula is C10H17N3O3. The summed E-state index contributed by atoms with van der Waals surface area (Å²) in [4.78, 5) is 4.24. The monoisotopic (exact) mass is 227 g/mol. The van der Waals surface area contributed by atoms with Crippen molar-refractivity contribution in [3.8, 4) is 0 Å². The molecule has 1 aromatic rings. The van der Waals surface area contributed by atoms with Gasteiger partial charge in [0.1, 0.15) is 6.04 Å². The molecule has 1 aliphatic heterocycles. The molecule has 2 rings (SSSR count). The second-order valence-electron chi connectivity index (χ2n) is 4.14. The number of aliphatic hydroxyl groups excluding tert-OH is 1. The highest BCUT2D eigenvalue weighted by Gasteiger charge is 2.24. The molecule has 6 heteroatoms. The number of aromatic nitrogens is 2. The maximum absolute atomic E-state index is 9.32. The summed E-state index contributed by atoms with van der Waals surface area (Å²) in [7, 11) is 0. The van der Waals surface area contributed by atoms with Gasteiger partial charge in [0.05, 0.1) is 6.10 Å². The van der Waals surface area contributed by atoms with Crippen molar-refractivity contribution < 1.29 is 14.4 Å². The van der Waals surface area contributed by atoms with Gasteiger partial charge in [-0.1, -0.05) is 5.16 Å². The zero-order valence-corrected chi connectivity index (χ0v) is 9.30. The van der Waals surface area contributed by atoms with Crippen molar-refractivity contribution in [2.24, 2.45) is 5.73 Å². The van der Waals surface area contributed by atoms with Crippen molar-refractivity contribution >= 4 is 0 Å². The normalized spacial score (nSPS) is 21.9. The first kappa shape index (κ1) is 11.5. The predicted molar refractivity (Wildman–Crippen MR) is 55.7 cm³/mol. The fraction of sp³-hybridized carbons (Fsp3) is 0.800. The van der Waals surface area contributed by atoms with Gasteiger partial charge in [-0.15, -0.1) is 0 Å². The molecule has 0 spiro atoms. The number of rotatable bonds is 3. The Morgan fingerprint density at radius 2 is 2.12 bits per heavy atom. The molecule has 6 nitrogen and oxygen atoms in total. The topological polar surface area (TPSA) is 94.4 Å². The summed E-state index contributed by atoms with van der Waals surface area (Å²) in [5.74, 6) is 1.26. The average molecular weight is 227 g/mol. The standard InChI is InChI=1S/C10H17N3O3/c1-6(14)8(11)10-12-9(13-16-10)7-2-4-15-5-3-7/h6-8,14H,2-5,11H2,1H3/t6-,8+/m1/s1. The molecule has 2 atom stereocenters. The molecule has 0 radical (unpaired) electrons. The molecule has 0 unspecified atom stereocenters. The molecule has 0 saturated carbocycles. The van der Waals surface area contributed by atoms with Crippen molar-refractivity contribution in [1.29, 1.82) is 0 Å². The number of nitrogens with zero attached hydrogens (tertiary/aromatic N) is 2. The van der Waals surface area contributed by atoms with E-state index in [1.54, 1.807) is 6.92 Å². The highest BCUT2D eigenvalue weighted by molar-refractivity contribution is 4.99. The van der Waals surface area contributed by atoms with E-state index < -0.39 is 12.1 Å². The molecule has 3 N–H and O–H groups in total. The third-order valence-electron chi connectivity index (χ3n) is 2.85. The Bertz CT molecular complexity index is 334. The van der Waals surface area contributed by atoms with Crippen LogP contribution in [0.4, 0.5) is 0 Å². The summed E-state index contributed by atoms with van der Waals surface area (Å²) in [5.41, 5.74) is 5.71. The highest BCUT2D eigenvalue weighted by atomic mass is 16.5. The smallest absolute Gasteiger partial charge is 0.246 e. The Labute approximate surface area is 93.8 Å². The van der Waals surface area contributed by atoms with Crippen LogP contribution in [0.25, 0.3) is 0 Å². The highest BCUT2D eigenvalue weighted by Crippen LogP contribution is 2.25. The zero-order chi connectivity index (χ0) is 11.5. The van der Waals surface area contributed by atoms with Crippen LogP contribution in [0.2, 0.25) is 0 Å². The minimum Gasteiger partial charge on any atom is -0.391 e. The fourth-order valence-corrected chi connectivity index (χ4v) is 1.71. The van der Waals surface area contributed by atoms with Gasteiger partial charge in [-0.2, -0.15) is 4.98 Å². The lowest BCUT2D eigenvalue weighted by molar-refractivity contribution is 0.0830. The van der Waals surface area contributed by atoms with Crippen LogP contribution in [-0.2, 0) is 4.74 Å². The molecule has 1 saturated heterocycles. The summed E-state index contributed by atoms with van der Waals surface area (Å²) in [5, 5.41) is 13.2. The second-order valence-corrected chi connectivity index (χ2v) is 4.14. The van der Waals surface area contributed by atoms with Gasteiger partial charge in [0.15, 0.2) is 5.82 Å². The van der Waals surface area contributed by atoms with E-state index in [1.807, 2.05) is 0 Å². The van der Waals surface area contributed by atoms with Gasteiger partial charge < -0.3 is 20.1 Å². The minimum atomic E-state index is -0.692. The van der Waals surface area contributed by atoms with Crippen LogP contribution in [0, 0.1) is 0 Å². The molecule has 0 aliphatic carbocycles. The number of ether oxygens (including phenoxy) is 1. The van der Waals surface area contributed by atoms with E-state index in [2.05, 4.69) is 10.1 Å². The molecule has 1 aliphatic rings. The predicted octanol–water partition coefficient (Wildman–Crippen LogP) is 0.344. The molecule has 0 amide bonds. The summed E-state index contributed by atoms with van der Waals surface area (Å²) in [6, 6.07) is -0.610. The number of hydrogen-bond acceptors (Lipinski definition) is 6. The summed E-state index contributed by atoms with van der Waals surface area (Å²) < 4.78 is 10.3. The molecule has 2 heterocycles. The lowest BCUT2D eigenvalue weighted by atomic mass is 10.00. The van der Waals surface area contributed by atoms with Crippen LogP contribution in [0.1, 0.15) is 43.4 Å². The van der Waals surface area contributed by atoms with E-state index in [-0.39, 0.29) is 5.92 Å².